The lowest BCUT2D eigenvalue weighted by Crippen LogP contribution is -2.42. The van der Waals surface area contributed by atoms with Crippen molar-refractivity contribution in [2.45, 2.75) is 11.9 Å². The number of nitrogens with zero attached hydrogens (tertiary/aromatic N) is 2. The summed E-state index contributed by atoms with van der Waals surface area (Å²) in [5.41, 5.74) is 9.78. The van der Waals surface area contributed by atoms with Crippen LogP contribution in [0, 0.1) is 18.3 Å². The number of carbonyl (C=O) groups is 2. The fourth-order valence-electron chi connectivity index (χ4n) is 3.56. The van der Waals surface area contributed by atoms with Gasteiger partial charge in [-0.2, -0.15) is 5.26 Å². The molecule has 4 rings (SSSR count). The van der Waals surface area contributed by atoms with Crippen LogP contribution in [-0.4, -0.2) is 29.7 Å². The summed E-state index contributed by atoms with van der Waals surface area (Å²) in [5, 5.41) is 10.4. The van der Waals surface area contributed by atoms with Crippen LogP contribution in [0.3, 0.4) is 0 Å². The number of carbonyl (C=O) groups excluding carboxylic acids is 2. The van der Waals surface area contributed by atoms with E-state index >= 15 is 0 Å². The lowest BCUT2D eigenvalue weighted by molar-refractivity contribution is -0.119. The maximum atomic E-state index is 12.5. The average molecular weight is 509 g/mol. The van der Waals surface area contributed by atoms with E-state index in [1.165, 1.54) is 0 Å². The number of benzene rings is 3. The molecule has 0 spiro atoms. The zero-order chi connectivity index (χ0) is 26.2. The van der Waals surface area contributed by atoms with Crippen molar-refractivity contribution in [3.8, 4) is 34.2 Å². The van der Waals surface area contributed by atoms with Crippen LogP contribution in [0.2, 0.25) is 0 Å². The minimum Gasteiger partial charge on any atom is -0.497 e. The van der Waals surface area contributed by atoms with Crippen molar-refractivity contribution in [1.29, 1.82) is 5.26 Å². The number of thioether (sulfide) groups is 1. The van der Waals surface area contributed by atoms with Gasteiger partial charge in [0.15, 0.2) is 0 Å². The van der Waals surface area contributed by atoms with E-state index in [1.807, 2.05) is 79.7 Å². The van der Waals surface area contributed by atoms with Gasteiger partial charge < -0.3 is 4.74 Å². The van der Waals surface area contributed by atoms with E-state index in [0.717, 1.165) is 28.5 Å². The van der Waals surface area contributed by atoms with Crippen molar-refractivity contribution >= 4 is 23.6 Å². The van der Waals surface area contributed by atoms with Crippen molar-refractivity contribution in [3.63, 3.8) is 0 Å². The molecule has 184 valence electrons. The predicted molar refractivity (Wildman–Crippen MR) is 144 cm³/mol. The molecule has 0 bridgehead atoms. The second-order valence-electron chi connectivity index (χ2n) is 8.10. The highest BCUT2D eigenvalue weighted by atomic mass is 32.2. The first kappa shape index (κ1) is 25.5. The number of ether oxygens (including phenoxy) is 1. The lowest BCUT2D eigenvalue weighted by atomic mass is 9.99. The minimum atomic E-state index is -0.424. The fourth-order valence-corrected chi connectivity index (χ4v) is 4.37. The molecule has 0 atom stereocenters. The van der Waals surface area contributed by atoms with Gasteiger partial charge in [0.2, 0.25) is 5.91 Å². The number of nitrogens with one attached hydrogen (secondary N) is 2. The van der Waals surface area contributed by atoms with Gasteiger partial charge in [-0.1, -0.05) is 71.9 Å². The lowest BCUT2D eigenvalue weighted by Gasteiger charge is -2.13. The highest BCUT2D eigenvalue weighted by Gasteiger charge is 2.17. The molecule has 0 aliphatic carbocycles. The topological polar surface area (TPSA) is 104 Å². The molecule has 0 radical (unpaired) electrons. The number of methoxy groups -OCH3 is 1. The fraction of sp³-hybridized carbons (Fsp3) is 0.103. The molecule has 0 saturated heterocycles. The molecule has 3 aromatic carbocycles. The number of nitriles is 1. The van der Waals surface area contributed by atoms with Crippen LogP contribution in [0.25, 0.3) is 22.4 Å². The summed E-state index contributed by atoms with van der Waals surface area (Å²) >= 11 is 1.13. The molecular weight excluding hydrogens is 484 g/mol. The van der Waals surface area contributed by atoms with Crippen molar-refractivity contribution in [3.05, 3.63) is 102 Å². The molecule has 0 saturated carbocycles. The number of hydrogen-bond acceptors (Lipinski definition) is 6. The van der Waals surface area contributed by atoms with Crippen molar-refractivity contribution in [2.24, 2.45) is 0 Å². The maximum absolute atomic E-state index is 12.5. The summed E-state index contributed by atoms with van der Waals surface area (Å²) in [5.74, 6) is -0.177. The van der Waals surface area contributed by atoms with Gasteiger partial charge in [-0.3, -0.25) is 20.4 Å². The Labute approximate surface area is 219 Å². The van der Waals surface area contributed by atoms with Gasteiger partial charge in [-0.15, -0.1) is 0 Å². The Kier molecular flexibility index (Phi) is 8.18. The van der Waals surface area contributed by atoms with Crippen molar-refractivity contribution in [2.75, 3.05) is 12.9 Å². The molecule has 2 N–H and O–H groups in total. The van der Waals surface area contributed by atoms with Gasteiger partial charge >= 0.3 is 0 Å². The number of hydrazine groups is 1. The Morgan fingerprint density at radius 1 is 0.946 bits per heavy atom. The molecular formula is C29H24N4O3S. The molecule has 37 heavy (non-hydrogen) atoms. The van der Waals surface area contributed by atoms with Crippen LogP contribution in [0.1, 0.15) is 21.5 Å². The Bertz CT molecular complexity index is 1450. The number of pyridine rings is 1. The Hall–Kier alpha value is -4.61. The van der Waals surface area contributed by atoms with Crippen LogP contribution < -0.4 is 15.6 Å². The minimum absolute atomic E-state index is 0.0455. The van der Waals surface area contributed by atoms with Gasteiger partial charge in [0, 0.05) is 16.7 Å². The zero-order valence-electron chi connectivity index (χ0n) is 20.3. The summed E-state index contributed by atoms with van der Waals surface area (Å²) in [6, 6.07) is 28.2. The smallest absolute Gasteiger partial charge is 0.269 e. The van der Waals surface area contributed by atoms with Crippen LogP contribution in [0.4, 0.5) is 0 Å². The van der Waals surface area contributed by atoms with Crippen LogP contribution in [-0.2, 0) is 4.79 Å². The zero-order valence-corrected chi connectivity index (χ0v) is 21.1. The van der Waals surface area contributed by atoms with E-state index in [2.05, 4.69) is 16.9 Å². The third-order valence-corrected chi connectivity index (χ3v) is 6.51. The van der Waals surface area contributed by atoms with E-state index in [1.54, 1.807) is 19.2 Å². The molecule has 4 aromatic rings. The second kappa shape index (κ2) is 11.9. The summed E-state index contributed by atoms with van der Waals surface area (Å²) < 4.78 is 5.26. The van der Waals surface area contributed by atoms with E-state index in [4.69, 9.17) is 9.72 Å². The molecule has 2 amide bonds. The molecule has 0 fully saturated rings. The van der Waals surface area contributed by atoms with Gasteiger partial charge in [-0.05, 0) is 42.8 Å². The van der Waals surface area contributed by atoms with Gasteiger partial charge in [0.05, 0.1) is 24.1 Å². The first-order valence-corrected chi connectivity index (χ1v) is 12.4. The molecule has 8 heteroatoms. The van der Waals surface area contributed by atoms with Gasteiger partial charge in [0.25, 0.3) is 5.91 Å². The number of hydrogen-bond donors (Lipinski definition) is 2. The first-order chi connectivity index (χ1) is 18.0. The Morgan fingerprint density at radius 2 is 1.65 bits per heavy atom. The number of rotatable bonds is 7. The van der Waals surface area contributed by atoms with Crippen molar-refractivity contribution in [1.82, 2.24) is 15.8 Å². The molecule has 0 aliphatic heterocycles. The number of aryl methyl sites for hydroxylation is 1. The third-order valence-electron chi connectivity index (χ3n) is 5.54. The Balaban J connectivity index is 1.56. The van der Waals surface area contributed by atoms with E-state index in [-0.39, 0.29) is 5.75 Å². The maximum Gasteiger partial charge on any atom is 0.269 e. The summed E-state index contributed by atoms with van der Waals surface area (Å²) in [7, 11) is 1.60. The second-order valence-corrected chi connectivity index (χ2v) is 9.06. The normalized spacial score (nSPS) is 10.3. The summed E-state index contributed by atoms with van der Waals surface area (Å²) in [6.45, 7) is 1.93. The quantitative estimate of drug-likeness (QED) is 0.264. The van der Waals surface area contributed by atoms with Gasteiger partial charge in [-0.25, -0.2) is 4.98 Å². The standard InChI is InChI=1S/C29H24N4O3S/c1-19-8-10-22(11-9-19)28(35)33-32-27(34)18-37-29-25(17-30)24(20-12-14-23(36-2)15-13-20)16-26(31-29)21-6-4-3-5-7-21/h3-16H,18H2,1-2H3,(H,32,34)(H,33,35). The van der Waals surface area contributed by atoms with Crippen LogP contribution >= 0.6 is 11.8 Å². The molecule has 1 heterocycles. The van der Waals surface area contributed by atoms with Crippen molar-refractivity contribution < 1.29 is 14.3 Å². The summed E-state index contributed by atoms with van der Waals surface area (Å²) in [4.78, 5) is 29.5. The van der Waals surface area contributed by atoms with E-state index < -0.39 is 11.8 Å². The molecule has 0 aliphatic rings. The Morgan fingerprint density at radius 3 is 2.30 bits per heavy atom. The predicted octanol–water partition coefficient (Wildman–Crippen LogP) is 5.16. The third kappa shape index (κ3) is 6.34. The highest BCUT2D eigenvalue weighted by molar-refractivity contribution is 8.00. The molecule has 1 aromatic heterocycles. The van der Waals surface area contributed by atoms with Crippen LogP contribution in [0.15, 0.2) is 90.0 Å². The monoisotopic (exact) mass is 508 g/mol. The van der Waals surface area contributed by atoms with E-state index in [0.29, 0.717) is 33.2 Å². The average Bonchev–Trinajstić information content (AvgIpc) is 2.95. The largest absolute Gasteiger partial charge is 0.497 e. The number of aromatic nitrogens is 1. The number of amides is 2. The SMILES string of the molecule is COc1ccc(-c2cc(-c3ccccc3)nc(SCC(=O)NNC(=O)c3ccc(C)cc3)c2C#N)cc1. The summed E-state index contributed by atoms with van der Waals surface area (Å²) in [6.07, 6.45) is 0. The highest BCUT2D eigenvalue weighted by Crippen LogP contribution is 2.34. The van der Waals surface area contributed by atoms with Gasteiger partial charge in [0.1, 0.15) is 16.8 Å². The first-order valence-electron chi connectivity index (χ1n) is 11.4. The molecule has 0 unspecified atom stereocenters. The van der Waals surface area contributed by atoms with E-state index in [9.17, 15) is 14.9 Å². The van der Waals surface area contributed by atoms with Crippen LogP contribution in [0.5, 0.6) is 5.75 Å². The molecule has 7 nitrogen and oxygen atoms in total.